The maximum atomic E-state index is 13.7. The summed E-state index contributed by atoms with van der Waals surface area (Å²) in [6.45, 7) is 6.44. The van der Waals surface area contributed by atoms with Gasteiger partial charge in [0.05, 0.1) is 6.10 Å². The van der Waals surface area contributed by atoms with Crippen molar-refractivity contribution < 1.29 is 19.4 Å². The predicted molar refractivity (Wildman–Crippen MR) is 133 cm³/mol. The Morgan fingerprint density at radius 2 is 1.88 bits per heavy atom. The highest BCUT2D eigenvalue weighted by atomic mass is 16.6. The van der Waals surface area contributed by atoms with E-state index in [1.807, 2.05) is 18.2 Å². The van der Waals surface area contributed by atoms with Crippen LogP contribution in [0.25, 0.3) is 0 Å². The summed E-state index contributed by atoms with van der Waals surface area (Å²) in [6.07, 6.45) is 12.5. The fourth-order valence-corrected chi connectivity index (χ4v) is 5.92. The summed E-state index contributed by atoms with van der Waals surface area (Å²) in [5, 5.41) is 13.5. The van der Waals surface area contributed by atoms with Gasteiger partial charge in [-0.3, -0.25) is 4.79 Å². The van der Waals surface area contributed by atoms with Crippen molar-refractivity contribution in [3.8, 4) is 0 Å². The van der Waals surface area contributed by atoms with Crippen molar-refractivity contribution in [2.24, 2.45) is 23.7 Å². The molecule has 0 radical (unpaired) electrons. The molecule has 0 bridgehead atoms. The van der Waals surface area contributed by atoms with E-state index in [-0.39, 0.29) is 29.7 Å². The van der Waals surface area contributed by atoms with E-state index < -0.39 is 17.7 Å². The number of allylic oxidation sites excluding steroid dienone is 2. The van der Waals surface area contributed by atoms with Gasteiger partial charge in [0.2, 0.25) is 5.60 Å². The second kappa shape index (κ2) is 10.3. The number of rotatable bonds is 2. The van der Waals surface area contributed by atoms with E-state index in [9.17, 15) is 14.7 Å². The van der Waals surface area contributed by atoms with Crippen LogP contribution in [0.5, 0.6) is 0 Å². The Morgan fingerprint density at radius 3 is 2.65 bits per heavy atom. The predicted octanol–water partition coefficient (Wildman–Crippen LogP) is 4.52. The number of carbonyl (C=O) groups is 2. The second-order valence-corrected chi connectivity index (χ2v) is 10.4. The van der Waals surface area contributed by atoms with Crippen LogP contribution in [0, 0.1) is 23.7 Å². The number of aliphatic hydroxyl groups excluding tert-OH is 1. The molecule has 1 aromatic rings. The van der Waals surface area contributed by atoms with Crippen LogP contribution >= 0.6 is 0 Å². The van der Waals surface area contributed by atoms with Crippen molar-refractivity contribution >= 4 is 11.9 Å². The van der Waals surface area contributed by atoms with Crippen LogP contribution in [-0.4, -0.2) is 34.7 Å². The highest BCUT2D eigenvalue weighted by Gasteiger charge is 2.64. The summed E-state index contributed by atoms with van der Waals surface area (Å²) in [5.41, 5.74) is 1.04. The van der Waals surface area contributed by atoms with Gasteiger partial charge in [0, 0.05) is 24.0 Å². The first-order valence-electron chi connectivity index (χ1n) is 12.6. The summed E-state index contributed by atoms with van der Waals surface area (Å²) in [4.78, 5) is 26.7. The number of esters is 1. The minimum absolute atomic E-state index is 0.0671. The molecule has 2 heterocycles. The molecular weight excluding hydrogens is 426 g/mol. The van der Waals surface area contributed by atoms with Crippen LogP contribution < -0.4 is 5.32 Å². The molecule has 1 aliphatic carbocycles. The molecule has 5 nitrogen and oxygen atoms in total. The Kier molecular flexibility index (Phi) is 7.42. The fraction of sp³-hybridized carbons (Fsp3) is 0.517. The maximum absolute atomic E-state index is 13.7. The quantitative estimate of drug-likeness (QED) is 0.499. The third-order valence-electron chi connectivity index (χ3n) is 7.90. The highest BCUT2D eigenvalue weighted by molar-refractivity contribution is 5.94. The van der Waals surface area contributed by atoms with E-state index in [1.165, 1.54) is 17.7 Å². The minimum atomic E-state index is -1.31. The number of hydrogen-bond donors (Lipinski definition) is 2. The average Bonchev–Trinajstić information content (AvgIpc) is 3.07. The highest BCUT2D eigenvalue weighted by Crippen LogP contribution is 2.50. The van der Waals surface area contributed by atoms with Crippen molar-refractivity contribution in [3.05, 3.63) is 71.8 Å². The average molecular weight is 464 g/mol. The van der Waals surface area contributed by atoms with Crippen LogP contribution in [0.4, 0.5) is 0 Å². The topological polar surface area (TPSA) is 75.6 Å². The normalized spacial score (nSPS) is 38.4. The van der Waals surface area contributed by atoms with E-state index >= 15 is 0 Å². The molecule has 2 N–H and O–H groups in total. The van der Waals surface area contributed by atoms with Crippen LogP contribution in [-0.2, 0) is 20.7 Å². The van der Waals surface area contributed by atoms with Gasteiger partial charge in [0.15, 0.2) is 0 Å². The Hall–Kier alpha value is -2.66. The Morgan fingerprint density at radius 1 is 1.12 bits per heavy atom. The van der Waals surface area contributed by atoms with Crippen molar-refractivity contribution in [2.75, 3.05) is 0 Å². The number of carbonyl (C=O) groups excluding carboxylic acids is 2. The van der Waals surface area contributed by atoms with Crippen LogP contribution in [0.3, 0.4) is 0 Å². The minimum Gasteiger partial charge on any atom is -0.444 e. The molecule has 4 rings (SSSR count). The molecule has 1 aromatic carbocycles. The number of ether oxygens (including phenoxy) is 1. The maximum Gasteiger partial charge on any atom is 0.331 e. The number of benzene rings is 1. The third kappa shape index (κ3) is 4.90. The Labute approximate surface area is 203 Å². The smallest absolute Gasteiger partial charge is 0.331 e. The molecule has 34 heavy (non-hydrogen) atoms. The Bertz CT molecular complexity index is 981. The van der Waals surface area contributed by atoms with Gasteiger partial charge in [-0.05, 0) is 49.7 Å². The lowest BCUT2D eigenvalue weighted by Gasteiger charge is -2.44. The molecule has 3 aliphatic rings. The van der Waals surface area contributed by atoms with Crippen molar-refractivity contribution in [1.29, 1.82) is 0 Å². The monoisotopic (exact) mass is 463 g/mol. The summed E-state index contributed by atoms with van der Waals surface area (Å²) >= 11 is 0. The van der Waals surface area contributed by atoms with Gasteiger partial charge in [-0.25, -0.2) is 4.79 Å². The number of aliphatic hydroxyl groups is 1. The molecular formula is C29H37NO4. The third-order valence-corrected chi connectivity index (χ3v) is 7.90. The van der Waals surface area contributed by atoms with E-state index in [0.717, 1.165) is 24.8 Å². The van der Waals surface area contributed by atoms with Gasteiger partial charge in [0.25, 0.3) is 5.91 Å². The zero-order chi connectivity index (χ0) is 24.3. The van der Waals surface area contributed by atoms with Crippen LogP contribution in [0.2, 0.25) is 0 Å². The van der Waals surface area contributed by atoms with Crippen LogP contribution in [0.1, 0.15) is 52.0 Å². The molecule has 0 aromatic heterocycles. The van der Waals surface area contributed by atoms with E-state index in [0.29, 0.717) is 18.8 Å². The molecule has 1 fully saturated rings. The second-order valence-electron chi connectivity index (χ2n) is 10.4. The SMILES string of the molecule is CC1=C[C@@H]2/C=C\C[C@H](C)CCC[C@@H](O)/C=C\C(=O)O[C@]23C(=O)N[C@@H](Cc2ccccc2)[C@@H]3[C@@H]1C. The van der Waals surface area contributed by atoms with Gasteiger partial charge in [-0.15, -0.1) is 0 Å². The number of amides is 1. The van der Waals surface area contributed by atoms with Crippen molar-refractivity contribution in [2.45, 2.75) is 70.6 Å². The number of hydrogen-bond acceptors (Lipinski definition) is 4. The first-order chi connectivity index (χ1) is 16.3. The standard InChI is InChI=1S/C29H37NO4/c1-19-9-7-13-23-17-20(2)21(3)27-25(18-22-11-5-4-6-12-22)30-28(33)29(23,27)34-26(32)16-15-24(31)14-8-10-19/h4-7,11-13,15-17,19,21,23-25,27,31H,8-10,14,18H2,1-3H3,(H,30,33)/b13-7-,16-15-/t19-,21+,23-,24+,25-,27-,29+/m0/s1. The first-order valence-corrected chi connectivity index (χ1v) is 12.6. The molecule has 182 valence electrons. The molecule has 2 aliphatic heterocycles. The van der Waals surface area contributed by atoms with Crippen molar-refractivity contribution in [1.82, 2.24) is 5.32 Å². The zero-order valence-electron chi connectivity index (χ0n) is 20.4. The van der Waals surface area contributed by atoms with Crippen molar-refractivity contribution in [3.63, 3.8) is 0 Å². The molecule has 1 saturated heterocycles. The largest absolute Gasteiger partial charge is 0.444 e. The first kappa shape index (κ1) is 24.5. The van der Waals surface area contributed by atoms with Crippen LogP contribution in [0.15, 0.2) is 66.3 Å². The molecule has 0 saturated carbocycles. The lowest BCUT2D eigenvalue weighted by atomic mass is 9.63. The molecule has 7 atom stereocenters. The molecule has 1 amide bonds. The van der Waals surface area contributed by atoms with Gasteiger partial charge >= 0.3 is 5.97 Å². The summed E-state index contributed by atoms with van der Waals surface area (Å²) in [6, 6.07) is 9.97. The van der Waals surface area contributed by atoms with E-state index in [2.05, 4.69) is 56.4 Å². The summed E-state index contributed by atoms with van der Waals surface area (Å²) < 4.78 is 6.14. The lowest BCUT2D eigenvalue weighted by molar-refractivity contribution is -0.172. The van der Waals surface area contributed by atoms with Gasteiger partial charge < -0.3 is 15.2 Å². The van der Waals surface area contributed by atoms with Gasteiger partial charge in [0.1, 0.15) is 0 Å². The summed E-state index contributed by atoms with van der Waals surface area (Å²) in [5.74, 6) is -0.813. The summed E-state index contributed by atoms with van der Waals surface area (Å²) in [7, 11) is 0. The van der Waals surface area contributed by atoms with E-state index in [4.69, 9.17) is 4.74 Å². The number of nitrogens with one attached hydrogen (secondary N) is 1. The van der Waals surface area contributed by atoms with Gasteiger partial charge in [-0.2, -0.15) is 0 Å². The van der Waals surface area contributed by atoms with E-state index in [1.54, 1.807) is 0 Å². The molecule has 1 spiro atoms. The Balaban J connectivity index is 1.75. The zero-order valence-corrected chi connectivity index (χ0v) is 20.4. The lowest BCUT2D eigenvalue weighted by Crippen LogP contribution is -2.56. The fourth-order valence-electron chi connectivity index (χ4n) is 5.92. The molecule has 0 unspecified atom stereocenters. The van der Waals surface area contributed by atoms with Gasteiger partial charge in [-0.1, -0.05) is 80.8 Å². The molecule has 5 heteroatoms.